The van der Waals surface area contributed by atoms with E-state index >= 15 is 0 Å². The molecular formula is C29H34ClN3O5S. The van der Waals surface area contributed by atoms with Crippen molar-refractivity contribution in [3.63, 3.8) is 0 Å². The van der Waals surface area contributed by atoms with Crippen LogP contribution in [0.4, 0.5) is 5.69 Å². The predicted octanol–water partition coefficient (Wildman–Crippen LogP) is 4.79. The number of halogens is 1. The molecule has 208 valence electrons. The third kappa shape index (κ3) is 7.52. The van der Waals surface area contributed by atoms with Crippen molar-refractivity contribution in [3.05, 3.63) is 88.9 Å². The van der Waals surface area contributed by atoms with Crippen molar-refractivity contribution in [3.8, 4) is 5.75 Å². The second-order valence-corrected chi connectivity index (χ2v) is 11.8. The molecule has 3 rings (SSSR count). The lowest BCUT2D eigenvalue weighted by molar-refractivity contribution is -0.139. The number of aryl methyl sites for hydroxylation is 1. The molecule has 1 atom stereocenters. The van der Waals surface area contributed by atoms with Crippen LogP contribution in [0.2, 0.25) is 5.02 Å². The highest BCUT2D eigenvalue weighted by atomic mass is 35.5. The molecule has 3 aromatic carbocycles. The molecule has 0 spiro atoms. The molecule has 10 heteroatoms. The van der Waals surface area contributed by atoms with E-state index < -0.39 is 28.5 Å². The van der Waals surface area contributed by atoms with Crippen LogP contribution in [0.25, 0.3) is 0 Å². The summed E-state index contributed by atoms with van der Waals surface area (Å²) in [6, 6.07) is 18.9. The van der Waals surface area contributed by atoms with E-state index in [0.29, 0.717) is 10.8 Å². The fourth-order valence-corrected chi connectivity index (χ4v) is 5.57. The van der Waals surface area contributed by atoms with E-state index in [2.05, 4.69) is 5.32 Å². The molecule has 8 nitrogen and oxygen atoms in total. The molecule has 39 heavy (non-hydrogen) atoms. The lowest BCUT2D eigenvalue weighted by Crippen LogP contribution is -2.52. The summed E-state index contributed by atoms with van der Waals surface area (Å²) < 4.78 is 34.4. The van der Waals surface area contributed by atoms with Crippen molar-refractivity contribution >= 4 is 39.1 Å². The number of carbonyl (C=O) groups excluding carboxylic acids is 2. The van der Waals surface area contributed by atoms with Gasteiger partial charge in [-0.1, -0.05) is 48.0 Å². The van der Waals surface area contributed by atoms with Crippen LogP contribution in [0.15, 0.2) is 77.7 Å². The van der Waals surface area contributed by atoms with E-state index in [1.165, 1.54) is 24.1 Å². The highest BCUT2D eigenvalue weighted by molar-refractivity contribution is 7.92. The molecule has 2 amide bonds. The molecule has 3 aromatic rings. The van der Waals surface area contributed by atoms with E-state index in [-0.39, 0.29) is 29.1 Å². The van der Waals surface area contributed by atoms with Crippen molar-refractivity contribution in [1.82, 2.24) is 10.2 Å². The van der Waals surface area contributed by atoms with Crippen LogP contribution >= 0.6 is 11.6 Å². The normalized spacial score (nSPS) is 12.1. The zero-order chi connectivity index (χ0) is 28.7. The van der Waals surface area contributed by atoms with E-state index in [9.17, 15) is 18.0 Å². The number of hydrogen-bond donors (Lipinski definition) is 1. The molecule has 0 aliphatic heterocycles. The Kier molecular flexibility index (Phi) is 9.99. The minimum Gasteiger partial charge on any atom is -0.495 e. The number of anilines is 1. The molecule has 0 aromatic heterocycles. The number of nitrogens with one attached hydrogen (secondary N) is 1. The number of sulfonamides is 1. The van der Waals surface area contributed by atoms with Crippen molar-refractivity contribution in [2.24, 2.45) is 0 Å². The van der Waals surface area contributed by atoms with E-state index in [0.717, 1.165) is 15.4 Å². The second-order valence-electron chi connectivity index (χ2n) is 9.49. The SMILES string of the molecule is COc1ccc(C)cc1N(CC(=O)N(Cc1ccc(Cl)cc1)C(C)C(=O)NC(C)C)S(=O)(=O)c1ccccc1. The lowest BCUT2D eigenvalue weighted by Gasteiger charge is -2.32. The number of hydrogen-bond acceptors (Lipinski definition) is 5. The Morgan fingerprint density at radius 2 is 1.62 bits per heavy atom. The van der Waals surface area contributed by atoms with Gasteiger partial charge in [0.2, 0.25) is 11.8 Å². The van der Waals surface area contributed by atoms with Crippen LogP contribution in [-0.2, 0) is 26.2 Å². The summed E-state index contributed by atoms with van der Waals surface area (Å²) >= 11 is 6.04. The molecule has 0 saturated heterocycles. The highest BCUT2D eigenvalue weighted by Crippen LogP contribution is 2.33. The Balaban J connectivity index is 2.08. The van der Waals surface area contributed by atoms with Gasteiger partial charge in [-0.15, -0.1) is 0 Å². The highest BCUT2D eigenvalue weighted by Gasteiger charge is 2.34. The Labute approximate surface area is 235 Å². The maximum Gasteiger partial charge on any atom is 0.264 e. The Morgan fingerprint density at radius 3 is 2.21 bits per heavy atom. The molecule has 0 heterocycles. The van der Waals surface area contributed by atoms with Crippen LogP contribution in [0, 0.1) is 6.92 Å². The summed E-state index contributed by atoms with van der Waals surface area (Å²) in [7, 11) is -2.75. The van der Waals surface area contributed by atoms with Crippen molar-refractivity contribution in [1.29, 1.82) is 0 Å². The molecule has 0 fully saturated rings. The fraction of sp³-hybridized carbons (Fsp3) is 0.310. The van der Waals surface area contributed by atoms with Gasteiger partial charge in [-0.05, 0) is 75.2 Å². The maximum absolute atomic E-state index is 14.0. The van der Waals surface area contributed by atoms with Gasteiger partial charge in [0.05, 0.1) is 17.7 Å². The minimum atomic E-state index is -4.19. The minimum absolute atomic E-state index is 0.0243. The predicted molar refractivity (Wildman–Crippen MR) is 153 cm³/mol. The third-order valence-electron chi connectivity index (χ3n) is 6.08. The summed E-state index contributed by atoms with van der Waals surface area (Å²) in [5.74, 6) is -0.611. The van der Waals surface area contributed by atoms with Crippen LogP contribution in [0.1, 0.15) is 31.9 Å². The van der Waals surface area contributed by atoms with Crippen molar-refractivity contribution < 1.29 is 22.7 Å². The molecule has 0 radical (unpaired) electrons. The lowest BCUT2D eigenvalue weighted by atomic mass is 10.1. The summed E-state index contributed by atoms with van der Waals surface area (Å²) in [4.78, 5) is 28.3. The number of benzene rings is 3. The molecule has 1 N–H and O–H groups in total. The topological polar surface area (TPSA) is 96.0 Å². The van der Waals surface area contributed by atoms with Gasteiger partial charge in [-0.3, -0.25) is 13.9 Å². The first-order valence-corrected chi connectivity index (χ1v) is 14.3. The Morgan fingerprint density at radius 1 is 0.974 bits per heavy atom. The number of methoxy groups -OCH3 is 1. The van der Waals surface area contributed by atoms with Gasteiger partial charge < -0.3 is 15.0 Å². The van der Waals surface area contributed by atoms with Gasteiger partial charge in [0.1, 0.15) is 18.3 Å². The fourth-order valence-electron chi connectivity index (χ4n) is 4.00. The number of carbonyl (C=O) groups is 2. The molecular weight excluding hydrogens is 538 g/mol. The standard InChI is InChI=1S/C29H34ClN3O5S/c1-20(2)31-29(35)22(4)32(18-23-12-14-24(30)15-13-23)28(34)19-33(26-17-21(3)11-16-27(26)38-5)39(36,37)25-9-7-6-8-10-25/h6-17,20,22H,18-19H2,1-5H3,(H,31,35). The van der Waals surface area contributed by atoms with Crippen molar-refractivity contribution in [2.45, 2.75) is 51.2 Å². The summed E-state index contributed by atoms with van der Waals surface area (Å²) in [6.07, 6.45) is 0. The Hall–Kier alpha value is -3.56. The third-order valence-corrected chi connectivity index (χ3v) is 8.10. The van der Waals surface area contributed by atoms with Gasteiger partial charge >= 0.3 is 0 Å². The van der Waals surface area contributed by atoms with E-state index in [1.54, 1.807) is 67.6 Å². The first-order chi connectivity index (χ1) is 18.4. The van der Waals surface area contributed by atoms with Gasteiger partial charge in [0.15, 0.2) is 0 Å². The quantitative estimate of drug-likeness (QED) is 0.357. The van der Waals surface area contributed by atoms with Crippen LogP contribution in [0.5, 0.6) is 5.75 Å². The van der Waals surface area contributed by atoms with Crippen LogP contribution < -0.4 is 14.4 Å². The number of nitrogens with zero attached hydrogens (tertiary/aromatic N) is 2. The van der Waals surface area contributed by atoms with Crippen LogP contribution in [-0.4, -0.2) is 50.9 Å². The molecule has 0 saturated carbocycles. The van der Waals surface area contributed by atoms with E-state index in [1.807, 2.05) is 20.8 Å². The molecule has 0 aliphatic carbocycles. The number of amides is 2. The zero-order valence-corrected chi connectivity index (χ0v) is 24.3. The molecule has 0 bridgehead atoms. The first kappa shape index (κ1) is 30.0. The van der Waals surface area contributed by atoms with Gasteiger partial charge in [-0.2, -0.15) is 0 Å². The van der Waals surface area contributed by atoms with E-state index in [4.69, 9.17) is 16.3 Å². The maximum atomic E-state index is 14.0. The first-order valence-electron chi connectivity index (χ1n) is 12.5. The average molecular weight is 572 g/mol. The second kappa shape index (κ2) is 13.0. The number of ether oxygens (including phenoxy) is 1. The number of rotatable bonds is 11. The monoisotopic (exact) mass is 571 g/mol. The molecule has 1 unspecified atom stereocenters. The zero-order valence-electron chi connectivity index (χ0n) is 22.7. The Bertz CT molecular complexity index is 1400. The summed E-state index contributed by atoms with van der Waals surface area (Å²) in [6.45, 7) is 6.62. The van der Waals surface area contributed by atoms with Gasteiger partial charge in [-0.25, -0.2) is 8.42 Å². The summed E-state index contributed by atoms with van der Waals surface area (Å²) in [5.41, 5.74) is 1.75. The average Bonchev–Trinajstić information content (AvgIpc) is 2.90. The summed E-state index contributed by atoms with van der Waals surface area (Å²) in [5, 5.41) is 3.37. The molecule has 0 aliphatic rings. The smallest absolute Gasteiger partial charge is 0.264 e. The largest absolute Gasteiger partial charge is 0.495 e. The van der Waals surface area contributed by atoms with Gasteiger partial charge in [0.25, 0.3) is 10.0 Å². The van der Waals surface area contributed by atoms with Gasteiger partial charge in [0, 0.05) is 17.6 Å². The van der Waals surface area contributed by atoms with Crippen LogP contribution in [0.3, 0.4) is 0 Å². The van der Waals surface area contributed by atoms with Crippen molar-refractivity contribution in [2.75, 3.05) is 18.0 Å².